The van der Waals surface area contributed by atoms with Crippen LogP contribution in [0.15, 0.2) is 18.2 Å². The van der Waals surface area contributed by atoms with Crippen molar-refractivity contribution in [3.05, 3.63) is 33.9 Å². The van der Waals surface area contributed by atoms with Crippen LogP contribution in [0, 0.1) is 22.0 Å². The van der Waals surface area contributed by atoms with Gasteiger partial charge < -0.3 is 10.5 Å². The highest BCUT2D eigenvalue weighted by Gasteiger charge is 2.41. The number of aliphatic hydroxyl groups is 1. The Balaban J connectivity index is 1.75. The summed E-state index contributed by atoms with van der Waals surface area (Å²) in [5.41, 5.74) is 4.20. The van der Waals surface area contributed by atoms with Gasteiger partial charge in [0.2, 0.25) is 0 Å². The van der Waals surface area contributed by atoms with Crippen molar-refractivity contribution in [1.29, 1.82) is 0 Å². The fourth-order valence-corrected chi connectivity index (χ4v) is 3.66. The second kappa shape index (κ2) is 5.59. The summed E-state index contributed by atoms with van der Waals surface area (Å²) >= 11 is 0. The van der Waals surface area contributed by atoms with Gasteiger partial charge in [0.05, 0.1) is 16.7 Å². The first-order chi connectivity index (χ1) is 10.1. The van der Waals surface area contributed by atoms with Crippen LogP contribution in [0.5, 0.6) is 0 Å². The first-order valence-electron chi connectivity index (χ1n) is 7.23. The summed E-state index contributed by atoms with van der Waals surface area (Å²) in [4.78, 5) is 12.8. The first-order valence-corrected chi connectivity index (χ1v) is 7.23. The van der Waals surface area contributed by atoms with E-state index < -0.39 is 4.92 Å². The molecule has 7 heteroatoms. The van der Waals surface area contributed by atoms with Crippen LogP contribution in [0.2, 0.25) is 0 Å². The predicted molar refractivity (Wildman–Crippen MR) is 78.4 cm³/mol. The van der Waals surface area contributed by atoms with Crippen LogP contribution in [-0.2, 0) is 6.54 Å². The average Bonchev–Trinajstić information content (AvgIpc) is 3.01. The Morgan fingerprint density at radius 3 is 2.90 bits per heavy atom. The third kappa shape index (κ3) is 2.72. The molecule has 4 N–H and O–H groups in total. The quantitative estimate of drug-likeness (QED) is 0.436. The molecule has 3 unspecified atom stereocenters. The minimum atomic E-state index is -0.397. The summed E-state index contributed by atoms with van der Waals surface area (Å²) in [6.07, 6.45) is 1.77. The van der Waals surface area contributed by atoms with E-state index >= 15 is 0 Å². The standard InChI is InChI=1S/C14H20N4O3/c15-16-13-3-2-11(18(20)21)5-10(13)7-17-6-9-1-4-14(19)12(9)8-17/h2-3,5,9,12,14,16,19H,1,4,6-8,15H2. The lowest BCUT2D eigenvalue weighted by atomic mass is 10.00. The SMILES string of the molecule is NNc1ccc([N+](=O)[O-])cc1CN1CC2CCC(O)C2C1. The Morgan fingerprint density at radius 1 is 1.43 bits per heavy atom. The Morgan fingerprint density at radius 2 is 2.24 bits per heavy atom. The number of hydrogen-bond donors (Lipinski definition) is 3. The van der Waals surface area contributed by atoms with Crippen molar-refractivity contribution in [2.45, 2.75) is 25.5 Å². The molecular weight excluding hydrogens is 272 g/mol. The second-order valence-electron chi connectivity index (χ2n) is 6.01. The van der Waals surface area contributed by atoms with Crippen molar-refractivity contribution in [2.75, 3.05) is 18.5 Å². The molecule has 1 heterocycles. The van der Waals surface area contributed by atoms with Crippen LogP contribution in [0.4, 0.5) is 11.4 Å². The maximum absolute atomic E-state index is 10.9. The molecule has 1 aromatic carbocycles. The molecule has 0 radical (unpaired) electrons. The lowest BCUT2D eigenvalue weighted by Gasteiger charge is -2.19. The number of anilines is 1. The van der Waals surface area contributed by atoms with E-state index in [-0.39, 0.29) is 11.8 Å². The van der Waals surface area contributed by atoms with Gasteiger partial charge in [-0.05, 0) is 30.4 Å². The third-order valence-electron chi connectivity index (χ3n) is 4.74. The van der Waals surface area contributed by atoms with Crippen molar-refractivity contribution < 1.29 is 10.0 Å². The molecule has 1 aromatic rings. The molecule has 0 spiro atoms. The Hall–Kier alpha value is -1.70. The number of fused-ring (bicyclic) bond motifs is 1. The number of nitrogens with one attached hydrogen (secondary N) is 1. The molecule has 1 aliphatic carbocycles. The van der Waals surface area contributed by atoms with Gasteiger partial charge in [0.15, 0.2) is 0 Å². The first kappa shape index (κ1) is 14.2. The zero-order valence-electron chi connectivity index (χ0n) is 11.7. The van der Waals surface area contributed by atoms with Gasteiger partial charge in [0.1, 0.15) is 0 Å². The number of benzene rings is 1. The maximum atomic E-state index is 10.9. The van der Waals surface area contributed by atoms with E-state index in [1.807, 2.05) is 0 Å². The molecule has 7 nitrogen and oxygen atoms in total. The van der Waals surface area contributed by atoms with E-state index in [2.05, 4.69) is 10.3 Å². The fraction of sp³-hybridized carbons (Fsp3) is 0.571. The summed E-state index contributed by atoms with van der Waals surface area (Å²) < 4.78 is 0. The van der Waals surface area contributed by atoms with Gasteiger partial charge in [-0.15, -0.1) is 0 Å². The number of nitrogen functional groups attached to an aromatic ring is 1. The normalized spacial score (nSPS) is 28.6. The van der Waals surface area contributed by atoms with Gasteiger partial charge in [0, 0.05) is 37.7 Å². The highest BCUT2D eigenvalue weighted by atomic mass is 16.6. The predicted octanol–water partition coefficient (Wildman–Crippen LogP) is 1.08. The molecular formula is C14H20N4O3. The molecule has 1 aliphatic heterocycles. The van der Waals surface area contributed by atoms with E-state index in [1.54, 1.807) is 12.1 Å². The van der Waals surface area contributed by atoms with Crippen molar-refractivity contribution in [1.82, 2.24) is 4.90 Å². The average molecular weight is 292 g/mol. The maximum Gasteiger partial charge on any atom is 0.269 e. The number of nitrogens with two attached hydrogens (primary N) is 1. The number of aliphatic hydroxyl groups excluding tert-OH is 1. The zero-order chi connectivity index (χ0) is 15.0. The van der Waals surface area contributed by atoms with Gasteiger partial charge in [0.25, 0.3) is 5.69 Å². The molecule has 1 saturated heterocycles. The topological polar surface area (TPSA) is 105 Å². The second-order valence-corrected chi connectivity index (χ2v) is 6.01. The van der Waals surface area contributed by atoms with Crippen molar-refractivity contribution in [3.63, 3.8) is 0 Å². The number of nitro groups is 1. The number of non-ortho nitro benzene ring substituents is 1. The summed E-state index contributed by atoms with van der Waals surface area (Å²) in [6, 6.07) is 4.65. The minimum absolute atomic E-state index is 0.0726. The van der Waals surface area contributed by atoms with E-state index in [9.17, 15) is 15.2 Å². The van der Waals surface area contributed by atoms with Crippen molar-refractivity contribution >= 4 is 11.4 Å². The molecule has 2 aliphatic rings. The Bertz CT molecular complexity index is 551. The monoisotopic (exact) mass is 292 g/mol. The highest BCUT2D eigenvalue weighted by Crippen LogP contribution is 2.39. The van der Waals surface area contributed by atoms with Crippen LogP contribution in [0.25, 0.3) is 0 Å². The zero-order valence-corrected chi connectivity index (χ0v) is 11.7. The Kier molecular flexibility index (Phi) is 3.79. The number of hydrazine groups is 1. The van der Waals surface area contributed by atoms with E-state index in [4.69, 9.17) is 5.84 Å². The number of nitro benzene ring substituents is 1. The summed E-state index contributed by atoms with van der Waals surface area (Å²) in [5.74, 6) is 6.38. The lowest BCUT2D eigenvalue weighted by molar-refractivity contribution is -0.384. The van der Waals surface area contributed by atoms with Crippen molar-refractivity contribution in [3.8, 4) is 0 Å². The van der Waals surface area contributed by atoms with Crippen LogP contribution in [-0.4, -0.2) is 34.1 Å². The van der Waals surface area contributed by atoms with Crippen LogP contribution in [0.3, 0.4) is 0 Å². The van der Waals surface area contributed by atoms with Crippen LogP contribution < -0.4 is 11.3 Å². The number of likely N-dealkylation sites (tertiary alicyclic amines) is 1. The summed E-state index contributed by atoms with van der Waals surface area (Å²) in [7, 11) is 0. The molecule has 0 amide bonds. The Labute approximate surface area is 122 Å². The fourth-order valence-electron chi connectivity index (χ4n) is 3.66. The highest BCUT2D eigenvalue weighted by molar-refractivity contribution is 5.55. The summed E-state index contributed by atoms with van der Waals surface area (Å²) in [5, 5.41) is 20.9. The molecule has 2 fully saturated rings. The van der Waals surface area contributed by atoms with Gasteiger partial charge in [-0.2, -0.15) is 0 Å². The summed E-state index contributed by atoms with van der Waals surface area (Å²) in [6.45, 7) is 2.40. The minimum Gasteiger partial charge on any atom is -0.393 e. The lowest BCUT2D eigenvalue weighted by Crippen LogP contribution is -2.25. The van der Waals surface area contributed by atoms with E-state index in [0.717, 1.165) is 31.5 Å². The molecule has 0 bridgehead atoms. The molecule has 0 aromatic heterocycles. The number of nitrogens with zero attached hydrogens (tertiary/aromatic N) is 2. The van der Waals surface area contributed by atoms with E-state index in [0.29, 0.717) is 24.1 Å². The third-order valence-corrected chi connectivity index (χ3v) is 4.74. The van der Waals surface area contributed by atoms with Crippen LogP contribution >= 0.6 is 0 Å². The molecule has 21 heavy (non-hydrogen) atoms. The number of hydrogen-bond acceptors (Lipinski definition) is 6. The van der Waals surface area contributed by atoms with Gasteiger partial charge in [-0.25, -0.2) is 0 Å². The van der Waals surface area contributed by atoms with Gasteiger partial charge >= 0.3 is 0 Å². The van der Waals surface area contributed by atoms with Gasteiger partial charge in [-0.1, -0.05) is 0 Å². The molecule has 1 saturated carbocycles. The molecule has 114 valence electrons. The largest absolute Gasteiger partial charge is 0.393 e. The number of rotatable bonds is 4. The molecule has 3 atom stereocenters. The van der Waals surface area contributed by atoms with E-state index in [1.165, 1.54) is 6.07 Å². The van der Waals surface area contributed by atoms with Crippen LogP contribution in [0.1, 0.15) is 18.4 Å². The van der Waals surface area contributed by atoms with Crippen molar-refractivity contribution in [2.24, 2.45) is 17.7 Å². The van der Waals surface area contributed by atoms with Gasteiger partial charge in [-0.3, -0.25) is 20.9 Å². The smallest absolute Gasteiger partial charge is 0.269 e. The molecule has 3 rings (SSSR count).